The molecule has 0 spiro atoms. The Morgan fingerprint density at radius 2 is 2.00 bits per heavy atom. The van der Waals surface area contributed by atoms with Crippen LogP contribution in [0.25, 0.3) is 0 Å². The van der Waals surface area contributed by atoms with Crippen LogP contribution in [-0.2, 0) is 4.79 Å². The largest absolute Gasteiger partial charge is 0.481 e. The van der Waals surface area contributed by atoms with Crippen molar-refractivity contribution in [2.45, 2.75) is 46.6 Å². The topological polar surface area (TPSA) is 70.5 Å². The van der Waals surface area contributed by atoms with Crippen molar-refractivity contribution in [3.63, 3.8) is 0 Å². The van der Waals surface area contributed by atoms with E-state index in [0.29, 0.717) is 17.8 Å². The van der Waals surface area contributed by atoms with E-state index in [1.165, 1.54) is 11.3 Å². The summed E-state index contributed by atoms with van der Waals surface area (Å²) in [7, 11) is 0. The number of amides is 1. The molecule has 1 rings (SSSR count). The first-order valence-corrected chi connectivity index (χ1v) is 7.11. The number of aliphatic carboxylic acids is 1. The highest BCUT2D eigenvalue weighted by molar-refractivity contribution is 7.13. The van der Waals surface area contributed by atoms with Crippen molar-refractivity contribution >= 4 is 23.2 Å². The van der Waals surface area contributed by atoms with Gasteiger partial charge in [0.05, 0.1) is 10.7 Å². The normalized spacial score (nSPS) is 10.8. The Bertz CT molecular complexity index is 468. The molecule has 0 atom stereocenters. The number of carbonyl (C=O) groups is 2. The molecule has 1 N–H and O–H groups in total. The fourth-order valence-electron chi connectivity index (χ4n) is 1.86. The summed E-state index contributed by atoms with van der Waals surface area (Å²) in [5, 5.41) is 9.53. The van der Waals surface area contributed by atoms with Gasteiger partial charge in [-0.3, -0.25) is 9.59 Å². The second kappa shape index (κ2) is 6.65. The predicted molar refractivity (Wildman–Crippen MR) is 74.6 cm³/mol. The molecule has 19 heavy (non-hydrogen) atoms. The van der Waals surface area contributed by atoms with E-state index in [1.807, 2.05) is 27.7 Å². The first-order chi connectivity index (χ1) is 8.82. The Balaban J connectivity index is 2.78. The Kier molecular flexibility index (Phi) is 5.47. The molecular formula is C13H20N2O3S. The monoisotopic (exact) mass is 284 g/mol. The van der Waals surface area contributed by atoms with Gasteiger partial charge in [0.15, 0.2) is 0 Å². The maximum absolute atomic E-state index is 12.4. The van der Waals surface area contributed by atoms with E-state index in [0.717, 1.165) is 10.7 Å². The maximum Gasteiger partial charge on any atom is 0.303 e. The van der Waals surface area contributed by atoms with E-state index in [-0.39, 0.29) is 18.4 Å². The van der Waals surface area contributed by atoms with Gasteiger partial charge < -0.3 is 10.0 Å². The molecule has 0 aliphatic heterocycles. The maximum atomic E-state index is 12.4. The van der Waals surface area contributed by atoms with Crippen molar-refractivity contribution in [2.24, 2.45) is 0 Å². The van der Waals surface area contributed by atoms with Crippen LogP contribution in [0.15, 0.2) is 0 Å². The van der Waals surface area contributed by atoms with Gasteiger partial charge >= 0.3 is 5.97 Å². The first kappa shape index (κ1) is 15.6. The summed E-state index contributed by atoms with van der Waals surface area (Å²) in [5.41, 5.74) is 0.747. The van der Waals surface area contributed by atoms with Crippen molar-refractivity contribution in [3.8, 4) is 0 Å². The highest BCUT2D eigenvalue weighted by atomic mass is 32.1. The number of hydrogen-bond donors (Lipinski definition) is 1. The highest BCUT2D eigenvalue weighted by Gasteiger charge is 2.22. The lowest BCUT2D eigenvalue weighted by molar-refractivity contribution is -0.137. The lowest BCUT2D eigenvalue weighted by atomic mass is 10.2. The third-order valence-electron chi connectivity index (χ3n) is 2.77. The number of thiazole rings is 1. The minimum atomic E-state index is -0.832. The van der Waals surface area contributed by atoms with Crippen molar-refractivity contribution < 1.29 is 14.7 Å². The summed E-state index contributed by atoms with van der Waals surface area (Å²) in [4.78, 5) is 29.6. The van der Waals surface area contributed by atoms with E-state index in [2.05, 4.69) is 4.98 Å². The Morgan fingerprint density at radius 3 is 2.42 bits per heavy atom. The molecule has 106 valence electrons. The second-order valence-electron chi connectivity index (χ2n) is 4.74. The van der Waals surface area contributed by atoms with Crippen LogP contribution in [0.4, 0.5) is 0 Å². The first-order valence-electron chi connectivity index (χ1n) is 6.29. The van der Waals surface area contributed by atoms with Crippen LogP contribution in [0.1, 0.15) is 47.1 Å². The Hall–Kier alpha value is -1.43. The van der Waals surface area contributed by atoms with Gasteiger partial charge in [0.2, 0.25) is 0 Å². The van der Waals surface area contributed by atoms with Gasteiger partial charge in [0, 0.05) is 19.0 Å². The van der Waals surface area contributed by atoms with Crippen molar-refractivity contribution in [1.29, 1.82) is 0 Å². The molecule has 6 heteroatoms. The van der Waals surface area contributed by atoms with Gasteiger partial charge in [-0.2, -0.15) is 0 Å². The van der Waals surface area contributed by atoms with E-state index in [1.54, 1.807) is 4.90 Å². The molecule has 1 heterocycles. The molecule has 0 saturated carbocycles. The Labute approximate surface area is 117 Å². The molecule has 1 aromatic rings. The summed E-state index contributed by atoms with van der Waals surface area (Å²) in [6.45, 7) is 8.02. The van der Waals surface area contributed by atoms with Crippen LogP contribution in [0.3, 0.4) is 0 Å². The van der Waals surface area contributed by atoms with Crippen LogP contribution in [0.5, 0.6) is 0 Å². The quantitative estimate of drug-likeness (QED) is 0.871. The van der Waals surface area contributed by atoms with Gasteiger partial charge in [-0.1, -0.05) is 0 Å². The number of aromatic nitrogens is 1. The summed E-state index contributed by atoms with van der Waals surface area (Å²) >= 11 is 1.39. The zero-order valence-corrected chi connectivity index (χ0v) is 12.6. The van der Waals surface area contributed by atoms with Crippen LogP contribution in [-0.4, -0.2) is 39.5 Å². The van der Waals surface area contributed by atoms with Gasteiger partial charge in [-0.25, -0.2) is 4.98 Å². The van der Waals surface area contributed by atoms with Crippen LogP contribution in [0.2, 0.25) is 0 Å². The molecule has 0 aromatic carbocycles. The summed E-state index contributed by atoms with van der Waals surface area (Å²) in [5.74, 6) is -0.885. The molecule has 0 saturated heterocycles. The number of nitrogens with zero attached hydrogens (tertiary/aromatic N) is 2. The average Bonchev–Trinajstić information content (AvgIpc) is 2.62. The van der Waals surface area contributed by atoms with Gasteiger partial charge in [-0.05, 0) is 34.1 Å². The minimum absolute atomic E-state index is 0.0445. The Morgan fingerprint density at radius 1 is 1.37 bits per heavy atom. The second-order valence-corrected chi connectivity index (χ2v) is 5.94. The molecule has 0 aliphatic rings. The summed E-state index contributed by atoms with van der Waals surface area (Å²) in [6, 6.07) is 0.0445. The van der Waals surface area contributed by atoms with Crippen molar-refractivity contribution in [1.82, 2.24) is 9.88 Å². The molecule has 0 radical (unpaired) electrons. The molecule has 0 unspecified atom stereocenters. The van der Waals surface area contributed by atoms with E-state index in [9.17, 15) is 9.59 Å². The van der Waals surface area contributed by atoms with Crippen LogP contribution >= 0.6 is 11.3 Å². The smallest absolute Gasteiger partial charge is 0.303 e. The average molecular weight is 284 g/mol. The van der Waals surface area contributed by atoms with Crippen molar-refractivity contribution in [3.05, 3.63) is 15.6 Å². The van der Waals surface area contributed by atoms with Crippen LogP contribution in [0, 0.1) is 13.8 Å². The van der Waals surface area contributed by atoms with E-state index >= 15 is 0 Å². The summed E-state index contributed by atoms with van der Waals surface area (Å²) < 4.78 is 0. The lowest BCUT2D eigenvalue weighted by Crippen LogP contribution is -2.37. The van der Waals surface area contributed by atoms with E-state index in [4.69, 9.17) is 5.11 Å². The fourth-order valence-corrected chi connectivity index (χ4v) is 2.73. The predicted octanol–water partition coefficient (Wildman–Crippen LogP) is 2.48. The standard InChI is InChI=1S/C13H20N2O3S/c1-8(2)15(7-5-6-11(16)17)13(18)12-9(3)14-10(4)19-12/h8H,5-7H2,1-4H3,(H,16,17). The zero-order chi connectivity index (χ0) is 14.6. The number of carboxylic acid groups (broad SMARTS) is 1. The zero-order valence-electron chi connectivity index (χ0n) is 11.8. The molecule has 1 amide bonds. The SMILES string of the molecule is Cc1nc(C)c(C(=O)N(CCCC(=O)O)C(C)C)s1. The minimum Gasteiger partial charge on any atom is -0.481 e. The summed E-state index contributed by atoms with van der Waals surface area (Å²) in [6.07, 6.45) is 0.549. The highest BCUT2D eigenvalue weighted by Crippen LogP contribution is 2.20. The fraction of sp³-hybridized carbons (Fsp3) is 0.615. The lowest BCUT2D eigenvalue weighted by Gasteiger charge is -2.26. The third-order valence-corrected chi connectivity index (χ3v) is 3.83. The number of hydrogen-bond acceptors (Lipinski definition) is 4. The number of rotatable bonds is 6. The number of carboxylic acids is 1. The molecule has 0 bridgehead atoms. The van der Waals surface area contributed by atoms with Gasteiger partial charge in [-0.15, -0.1) is 11.3 Å². The number of carbonyl (C=O) groups excluding carboxylic acids is 1. The van der Waals surface area contributed by atoms with Gasteiger partial charge in [0.1, 0.15) is 4.88 Å². The molecule has 1 aromatic heterocycles. The molecular weight excluding hydrogens is 264 g/mol. The number of aryl methyl sites for hydroxylation is 2. The van der Waals surface area contributed by atoms with Crippen LogP contribution < -0.4 is 0 Å². The molecule has 5 nitrogen and oxygen atoms in total. The van der Waals surface area contributed by atoms with E-state index < -0.39 is 5.97 Å². The molecule has 0 fully saturated rings. The third kappa shape index (κ3) is 4.31. The van der Waals surface area contributed by atoms with Crippen molar-refractivity contribution in [2.75, 3.05) is 6.54 Å². The molecule has 0 aliphatic carbocycles. The van der Waals surface area contributed by atoms with Gasteiger partial charge in [0.25, 0.3) is 5.91 Å².